The zero-order chi connectivity index (χ0) is 25.8. The molecule has 2 N–H and O–H groups in total. The number of aromatic nitrogens is 2. The standard InChI is InChI=1S/C29H41ClN6S/c1-21-8-7-16-35(19-21)25-18-26(36-17-6-3-9-22(36)2)33-27(32-25)34-28(37)31-20-29(14-4-5-15-29)23-10-12-24(30)13-11-23/h10-13,18,21-22H,3-9,14-17,19-20H2,1-2H3,(H2,31,32,33,34,37)/t21-,22+/m1/s1. The summed E-state index contributed by atoms with van der Waals surface area (Å²) in [7, 11) is 0. The van der Waals surface area contributed by atoms with Gasteiger partial charge in [-0.3, -0.25) is 0 Å². The Labute approximate surface area is 232 Å². The summed E-state index contributed by atoms with van der Waals surface area (Å²) in [5, 5.41) is 8.24. The van der Waals surface area contributed by atoms with Gasteiger partial charge in [0.15, 0.2) is 5.11 Å². The summed E-state index contributed by atoms with van der Waals surface area (Å²) in [6.07, 6.45) is 11.0. The van der Waals surface area contributed by atoms with Crippen molar-refractivity contribution in [3.8, 4) is 0 Å². The molecule has 8 heteroatoms. The number of nitrogens with one attached hydrogen (secondary N) is 2. The molecule has 3 heterocycles. The first kappa shape index (κ1) is 26.5. The summed E-state index contributed by atoms with van der Waals surface area (Å²) in [5.74, 6) is 3.28. The van der Waals surface area contributed by atoms with Gasteiger partial charge in [-0.15, -0.1) is 0 Å². The second-order valence-corrected chi connectivity index (χ2v) is 12.3. The Morgan fingerprint density at radius 2 is 1.76 bits per heavy atom. The van der Waals surface area contributed by atoms with Gasteiger partial charge >= 0.3 is 0 Å². The van der Waals surface area contributed by atoms with Gasteiger partial charge in [0.1, 0.15) is 11.6 Å². The fourth-order valence-electron chi connectivity index (χ4n) is 6.44. The molecule has 3 fully saturated rings. The molecule has 1 aliphatic carbocycles. The number of anilines is 3. The lowest BCUT2D eigenvalue weighted by atomic mass is 9.79. The lowest BCUT2D eigenvalue weighted by molar-refractivity contribution is 0.435. The van der Waals surface area contributed by atoms with Crippen LogP contribution in [0.25, 0.3) is 0 Å². The summed E-state index contributed by atoms with van der Waals surface area (Å²) in [5.41, 5.74) is 1.42. The average molecular weight is 541 g/mol. The molecule has 2 aromatic rings. The fraction of sp³-hybridized carbons (Fsp3) is 0.621. The van der Waals surface area contributed by atoms with Crippen molar-refractivity contribution < 1.29 is 0 Å². The molecule has 3 aliphatic rings. The maximum atomic E-state index is 6.17. The molecule has 0 amide bonds. The predicted octanol–water partition coefficient (Wildman–Crippen LogP) is 6.54. The number of piperidine rings is 2. The number of nitrogens with zero attached hydrogens (tertiary/aromatic N) is 4. The molecule has 1 saturated carbocycles. The number of thiocarbonyl (C=S) groups is 1. The minimum absolute atomic E-state index is 0.0807. The molecule has 2 saturated heterocycles. The minimum Gasteiger partial charge on any atom is -0.361 e. The van der Waals surface area contributed by atoms with Crippen LogP contribution in [0.3, 0.4) is 0 Å². The van der Waals surface area contributed by atoms with E-state index in [1.54, 1.807) is 0 Å². The van der Waals surface area contributed by atoms with E-state index in [0.29, 0.717) is 23.0 Å². The Morgan fingerprint density at radius 3 is 2.49 bits per heavy atom. The summed E-state index contributed by atoms with van der Waals surface area (Å²) in [4.78, 5) is 14.8. The average Bonchev–Trinajstić information content (AvgIpc) is 3.38. The van der Waals surface area contributed by atoms with Gasteiger partial charge in [0.2, 0.25) is 5.95 Å². The van der Waals surface area contributed by atoms with E-state index >= 15 is 0 Å². The first-order valence-electron chi connectivity index (χ1n) is 14.1. The molecule has 0 unspecified atom stereocenters. The van der Waals surface area contributed by atoms with Gasteiger partial charge in [-0.25, -0.2) is 0 Å². The van der Waals surface area contributed by atoms with Gasteiger partial charge in [0.05, 0.1) is 0 Å². The van der Waals surface area contributed by atoms with Gasteiger partial charge in [0, 0.05) is 48.7 Å². The van der Waals surface area contributed by atoms with E-state index in [0.717, 1.165) is 55.7 Å². The second kappa shape index (κ2) is 11.7. The third-order valence-corrected chi connectivity index (χ3v) is 9.11. The molecule has 5 rings (SSSR count). The maximum Gasteiger partial charge on any atom is 0.232 e. The molecular formula is C29H41ClN6S. The summed E-state index contributed by atoms with van der Waals surface area (Å²) >= 11 is 12.0. The number of rotatable bonds is 6. The zero-order valence-electron chi connectivity index (χ0n) is 22.3. The summed E-state index contributed by atoms with van der Waals surface area (Å²) in [6, 6.07) is 11.0. The fourth-order valence-corrected chi connectivity index (χ4v) is 6.73. The van der Waals surface area contributed by atoms with E-state index in [1.165, 1.54) is 50.5 Å². The third-order valence-electron chi connectivity index (χ3n) is 8.61. The van der Waals surface area contributed by atoms with Crippen molar-refractivity contribution in [1.82, 2.24) is 15.3 Å². The van der Waals surface area contributed by atoms with Gasteiger partial charge in [-0.05, 0) is 87.7 Å². The molecule has 6 nitrogen and oxygen atoms in total. The van der Waals surface area contributed by atoms with Crippen LogP contribution >= 0.6 is 23.8 Å². The van der Waals surface area contributed by atoms with Crippen LogP contribution in [-0.4, -0.2) is 47.3 Å². The topological polar surface area (TPSA) is 56.3 Å². The van der Waals surface area contributed by atoms with Crippen LogP contribution in [0.1, 0.15) is 77.2 Å². The molecule has 2 atom stereocenters. The van der Waals surface area contributed by atoms with E-state index in [2.05, 4.69) is 52.5 Å². The quantitative estimate of drug-likeness (QED) is 0.403. The molecule has 1 aromatic carbocycles. The lowest BCUT2D eigenvalue weighted by Crippen LogP contribution is -2.41. The number of halogens is 1. The van der Waals surface area contributed by atoms with Crippen LogP contribution in [0, 0.1) is 5.92 Å². The molecule has 200 valence electrons. The van der Waals surface area contributed by atoms with Gasteiger partial charge < -0.3 is 20.4 Å². The lowest BCUT2D eigenvalue weighted by Gasteiger charge is -2.36. The van der Waals surface area contributed by atoms with Gasteiger partial charge in [0.25, 0.3) is 0 Å². The van der Waals surface area contributed by atoms with Crippen molar-refractivity contribution in [3.05, 3.63) is 40.9 Å². The third kappa shape index (κ3) is 6.31. The number of benzene rings is 1. The largest absolute Gasteiger partial charge is 0.361 e. The Bertz CT molecular complexity index is 1070. The maximum absolute atomic E-state index is 6.17. The molecule has 0 radical (unpaired) electrons. The molecule has 0 bridgehead atoms. The normalized spacial score (nSPS) is 23.6. The summed E-state index contributed by atoms with van der Waals surface area (Å²) in [6.45, 7) is 8.55. The van der Waals surface area contributed by atoms with Crippen molar-refractivity contribution >= 4 is 46.5 Å². The molecule has 37 heavy (non-hydrogen) atoms. The van der Waals surface area contributed by atoms with Gasteiger partial charge in [-0.2, -0.15) is 9.97 Å². The first-order valence-corrected chi connectivity index (χ1v) is 14.9. The Kier molecular flexibility index (Phi) is 8.40. The number of hydrogen-bond acceptors (Lipinski definition) is 5. The highest BCUT2D eigenvalue weighted by atomic mass is 35.5. The van der Waals surface area contributed by atoms with E-state index in [4.69, 9.17) is 33.8 Å². The summed E-state index contributed by atoms with van der Waals surface area (Å²) < 4.78 is 0. The zero-order valence-corrected chi connectivity index (χ0v) is 23.9. The van der Waals surface area contributed by atoms with E-state index in [-0.39, 0.29) is 5.41 Å². The van der Waals surface area contributed by atoms with E-state index in [9.17, 15) is 0 Å². The highest BCUT2D eigenvalue weighted by Gasteiger charge is 2.35. The minimum atomic E-state index is 0.0807. The molecule has 2 aliphatic heterocycles. The van der Waals surface area contributed by atoms with Crippen molar-refractivity contribution in [2.75, 3.05) is 41.3 Å². The molecule has 0 spiro atoms. The predicted molar refractivity (Wildman–Crippen MR) is 159 cm³/mol. The van der Waals surface area contributed by atoms with Crippen LogP contribution in [0.2, 0.25) is 5.02 Å². The Morgan fingerprint density at radius 1 is 1.00 bits per heavy atom. The SMILES string of the molecule is C[C@@H]1CCCN(c2cc(N3CCCC[C@@H]3C)nc(NC(=S)NCC3(c4ccc(Cl)cc4)CCCC3)n2)C1. The van der Waals surface area contributed by atoms with Crippen molar-refractivity contribution in [3.63, 3.8) is 0 Å². The van der Waals surface area contributed by atoms with E-state index < -0.39 is 0 Å². The van der Waals surface area contributed by atoms with Gasteiger partial charge in [-0.1, -0.05) is 43.5 Å². The Hall–Kier alpha value is -2.12. The van der Waals surface area contributed by atoms with Crippen LogP contribution in [0.4, 0.5) is 17.6 Å². The number of hydrogen-bond donors (Lipinski definition) is 2. The van der Waals surface area contributed by atoms with Crippen LogP contribution in [-0.2, 0) is 5.41 Å². The van der Waals surface area contributed by atoms with Crippen LogP contribution < -0.4 is 20.4 Å². The Balaban J connectivity index is 1.33. The monoisotopic (exact) mass is 540 g/mol. The molecule has 1 aromatic heterocycles. The van der Waals surface area contributed by atoms with Crippen molar-refractivity contribution in [2.45, 2.75) is 83.1 Å². The van der Waals surface area contributed by atoms with Crippen LogP contribution in [0.15, 0.2) is 30.3 Å². The highest BCUT2D eigenvalue weighted by Crippen LogP contribution is 2.41. The smallest absolute Gasteiger partial charge is 0.232 e. The van der Waals surface area contributed by atoms with E-state index in [1.807, 2.05) is 12.1 Å². The van der Waals surface area contributed by atoms with Crippen LogP contribution in [0.5, 0.6) is 0 Å². The second-order valence-electron chi connectivity index (χ2n) is 11.4. The van der Waals surface area contributed by atoms with Crippen molar-refractivity contribution in [1.29, 1.82) is 0 Å². The molecular weight excluding hydrogens is 500 g/mol. The van der Waals surface area contributed by atoms with Crippen molar-refractivity contribution in [2.24, 2.45) is 5.92 Å². The highest BCUT2D eigenvalue weighted by molar-refractivity contribution is 7.80. The first-order chi connectivity index (χ1) is 17.9.